The molecular weight excluding hydrogens is 1420 g/mol. The third-order valence-electron chi connectivity index (χ3n) is 24.0. The van der Waals surface area contributed by atoms with E-state index in [0.29, 0.717) is 35.5 Å². The van der Waals surface area contributed by atoms with E-state index < -0.39 is 0 Å². The minimum absolute atomic E-state index is 0.393. The number of aromatic nitrogens is 12. The van der Waals surface area contributed by atoms with Crippen molar-refractivity contribution < 1.29 is 41.1 Å². The monoisotopic (exact) mass is 1530 g/mol. The Labute approximate surface area is 685 Å². The quantitative estimate of drug-likeness (QED) is 0.0919. The molecule has 0 saturated carbocycles. The molecular formula is C104H115N12+9. The van der Waals surface area contributed by atoms with Crippen molar-refractivity contribution >= 4 is 54.5 Å². The molecule has 0 radical (unpaired) electrons. The van der Waals surface area contributed by atoms with Crippen LogP contribution in [0.2, 0.25) is 0 Å². The summed E-state index contributed by atoms with van der Waals surface area (Å²) in [5.74, 6) is 5.93. The highest BCUT2D eigenvalue weighted by Crippen LogP contribution is 2.40. The molecule has 0 aliphatic rings. The van der Waals surface area contributed by atoms with Crippen molar-refractivity contribution in [2.45, 2.75) is 119 Å². The Morgan fingerprint density at radius 3 is 0.914 bits per heavy atom. The third-order valence-corrected chi connectivity index (χ3v) is 24.0. The molecule has 0 saturated heterocycles. The van der Waals surface area contributed by atoms with Gasteiger partial charge in [0.05, 0.1) is 21.1 Å². The lowest BCUT2D eigenvalue weighted by molar-refractivity contribution is -0.697. The second-order valence-corrected chi connectivity index (χ2v) is 33.5. The molecule has 12 nitrogen and oxygen atoms in total. The van der Waals surface area contributed by atoms with Gasteiger partial charge < -0.3 is 0 Å². The summed E-state index contributed by atoms with van der Waals surface area (Å²) in [5, 5.41) is 6.22. The molecule has 12 heteroatoms. The lowest BCUT2D eigenvalue weighted by Gasteiger charge is -2.18. The Morgan fingerprint density at radius 2 is 0.526 bits per heavy atom. The van der Waals surface area contributed by atoms with Crippen molar-refractivity contribution in [2.75, 3.05) is 0 Å². The number of hydrogen-bond acceptors (Lipinski definition) is 0. The zero-order valence-electron chi connectivity index (χ0n) is 71.9. The van der Waals surface area contributed by atoms with Gasteiger partial charge in [0.1, 0.15) is 71.7 Å². The molecule has 9 heterocycles. The maximum atomic E-state index is 2.51. The molecule has 0 atom stereocenters. The summed E-state index contributed by atoms with van der Waals surface area (Å²) in [6, 6.07) is 92.7. The van der Waals surface area contributed by atoms with E-state index >= 15 is 0 Å². The van der Waals surface area contributed by atoms with Crippen molar-refractivity contribution in [1.29, 1.82) is 0 Å². The number of benzene rings is 8. The molecule has 8 aromatic carbocycles. The molecule has 9 aromatic heterocycles. The van der Waals surface area contributed by atoms with Crippen LogP contribution in [0.25, 0.3) is 140 Å². The number of aryl methyl sites for hydroxylation is 6. The average molecular weight is 1530 g/mol. The number of nitrogens with zero attached hydrogens (tertiary/aromatic N) is 12. The van der Waals surface area contributed by atoms with Gasteiger partial charge >= 0.3 is 17.5 Å². The molecule has 116 heavy (non-hydrogen) atoms. The third kappa shape index (κ3) is 14.2. The van der Waals surface area contributed by atoms with Crippen molar-refractivity contribution in [3.8, 4) is 85.8 Å². The second-order valence-electron chi connectivity index (χ2n) is 33.5. The topological polar surface area (TPSA) is 49.7 Å². The van der Waals surface area contributed by atoms with Crippen molar-refractivity contribution in [3.63, 3.8) is 0 Å². The molecule has 0 unspecified atom stereocenters. The number of rotatable bonds is 15. The zero-order valence-corrected chi connectivity index (χ0v) is 71.9. The highest BCUT2D eigenvalue weighted by Gasteiger charge is 2.40. The molecule has 582 valence electrons. The Bertz CT molecular complexity index is 6330. The van der Waals surface area contributed by atoms with Gasteiger partial charge in [-0.3, -0.25) is 0 Å². The average Bonchev–Trinajstić information content (AvgIpc) is 1.57. The minimum atomic E-state index is 0.393. The van der Waals surface area contributed by atoms with Gasteiger partial charge in [0.2, 0.25) is 5.52 Å². The summed E-state index contributed by atoms with van der Waals surface area (Å²) in [4.78, 5) is 0. The van der Waals surface area contributed by atoms with E-state index in [1.807, 2.05) is 0 Å². The molecule has 0 amide bonds. The molecule has 17 aromatic rings. The van der Waals surface area contributed by atoms with Crippen molar-refractivity contribution in [2.24, 2.45) is 63.4 Å². The van der Waals surface area contributed by atoms with E-state index in [2.05, 4.69) is 481 Å². The van der Waals surface area contributed by atoms with Gasteiger partial charge in [-0.15, -0.1) is 0 Å². The van der Waals surface area contributed by atoms with Crippen LogP contribution in [0.15, 0.2) is 280 Å². The van der Waals surface area contributed by atoms with E-state index in [4.69, 9.17) is 0 Å². The Morgan fingerprint density at radius 1 is 0.224 bits per heavy atom. The summed E-state index contributed by atoms with van der Waals surface area (Å²) < 4.78 is 28.2. The Balaban J connectivity index is 0.000000137. The molecule has 0 aliphatic carbocycles. The Hall–Kier alpha value is -12.4. The van der Waals surface area contributed by atoms with Gasteiger partial charge in [-0.2, -0.15) is 41.1 Å². The zero-order chi connectivity index (χ0) is 81.8. The molecule has 17 rings (SSSR count). The van der Waals surface area contributed by atoms with Crippen LogP contribution >= 0.6 is 0 Å². The molecule has 0 aliphatic heterocycles. The maximum Gasteiger partial charge on any atom is 0.360 e. The highest BCUT2D eigenvalue weighted by molar-refractivity contribution is 5.86. The van der Waals surface area contributed by atoms with Gasteiger partial charge in [-0.05, 0) is 113 Å². The van der Waals surface area contributed by atoms with Crippen LogP contribution in [0.3, 0.4) is 0 Å². The first-order valence-electron chi connectivity index (χ1n) is 41.4. The maximum absolute atomic E-state index is 2.51. The molecule has 0 N–H and O–H groups in total. The number of pyridine rings is 6. The Kier molecular flexibility index (Phi) is 22.1. The number of para-hydroxylation sites is 8. The van der Waals surface area contributed by atoms with Gasteiger partial charge in [0, 0.05) is 110 Å². The van der Waals surface area contributed by atoms with Gasteiger partial charge in [-0.25, -0.2) is 13.7 Å². The molecule has 0 spiro atoms. The van der Waals surface area contributed by atoms with Crippen LogP contribution in [0.5, 0.6) is 0 Å². The summed E-state index contributed by atoms with van der Waals surface area (Å²) >= 11 is 0. The standard InChI is InChI=1S/2C36H39N4.C32H37N4/c1-24(2)27-15-12-16-28(25(3)4)35(27)40-33-19-11-10-18-31(33)39(7)36(40)34-21-13-20-30(38(34)6)32-23-22-26-14-8-9-17-29(26)37(32)5;1-24(2)28-16-12-17-29(25(3)4)35(28)40-32-19-11-10-18-30(32)39(7)36(40)33-21-13-20-31(38(33)6)34-22-26-14-8-9-15-27(26)23-37(34)5;1-22(2)26-14-10-15-27(23(3)4)31(26)36-19-18-33(5)32(36)29-17-11-16-28(35(29)7)30-20-24-12-8-9-13-25(24)21-34(30)6/h2*8-25H,1-7H3;8-23H,1-7H3/q3*+3. The van der Waals surface area contributed by atoms with Crippen LogP contribution in [0.4, 0.5) is 0 Å². The summed E-state index contributed by atoms with van der Waals surface area (Å²) in [6.07, 6.45) is 8.82. The number of hydrogen-bond donors (Lipinski definition) is 0. The normalized spacial score (nSPS) is 11.8. The number of imidazole rings is 3. The summed E-state index contributed by atoms with van der Waals surface area (Å²) in [5.41, 5.74) is 28.8. The SMILES string of the molecule is CC(C)c1cccc(C(C)C)c1-n1c(-c2cccc(-c3cc4ccccc4c[n+]3C)[n+]2C)[n+](C)c2ccccc21.CC(C)c1cccc(C(C)C)c1-n1c(-c2cccc(-c3ccc4ccccc4[n+]3C)[n+]2C)[n+](C)c2ccccc21.CC(C)c1cccc(C(C)C)c1-n1cc[n+](C)c1-c1cccc(-c2cc3ccccc3c[n+]2C)[n+]1C. The van der Waals surface area contributed by atoms with E-state index in [1.165, 1.54) is 156 Å². The fourth-order valence-electron chi connectivity index (χ4n) is 17.8. The number of fused-ring (bicyclic) bond motifs is 5. The second kappa shape index (κ2) is 32.5. The predicted molar refractivity (Wildman–Crippen MR) is 473 cm³/mol. The van der Waals surface area contributed by atoms with Crippen LogP contribution < -0.4 is 41.1 Å². The van der Waals surface area contributed by atoms with Gasteiger partial charge in [-0.1, -0.05) is 210 Å². The first kappa shape index (κ1) is 78.8. The first-order valence-corrected chi connectivity index (χ1v) is 41.4. The van der Waals surface area contributed by atoms with E-state index in [0.717, 1.165) is 17.2 Å². The van der Waals surface area contributed by atoms with E-state index in [-0.39, 0.29) is 0 Å². The summed E-state index contributed by atoms with van der Waals surface area (Å²) in [7, 11) is 19.5. The first-order chi connectivity index (χ1) is 55.8. The van der Waals surface area contributed by atoms with E-state index in [9.17, 15) is 0 Å². The smallest absolute Gasteiger partial charge is 0.227 e. The fourth-order valence-corrected chi connectivity index (χ4v) is 17.8. The van der Waals surface area contributed by atoms with Crippen LogP contribution in [-0.2, 0) is 63.4 Å². The molecule has 0 fully saturated rings. The van der Waals surface area contributed by atoms with Crippen LogP contribution in [0.1, 0.15) is 152 Å². The largest absolute Gasteiger partial charge is 0.360 e. The summed E-state index contributed by atoms with van der Waals surface area (Å²) in [6.45, 7) is 27.5. The van der Waals surface area contributed by atoms with Crippen molar-refractivity contribution in [1.82, 2.24) is 13.7 Å². The van der Waals surface area contributed by atoms with Crippen LogP contribution in [-0.4, -0.2) is 13.7 Å². The lowest BCUT2D eigenvalue weighted by Crippen LogP contribution is -2.43. The van der Waals surface area contributed by atoms with Crippen molar-refractivity contribution in [3.05, 3.63) is 313 Å². The molecule has 0 bridgehead atoms. The predicted octanol–water partition coefficient (Wildman–Crippen LogP) is 19.4. The van der Waals surface area contributed by atoms with Crippen LogP contribution in [0, 0.1) is 0 Å². The van der Waals surface area contributed by atoms with Gasteiger partial charge in [0.25, 0.3) is 51.2 Å². The fraction of sp³-hybridized carbons (Fsp3) is 0.260. The highest BCUT2D eigenvalue weighted by atomic mass is 15.2. The van der Waals surface area contributed by atoms with E-state index in [1.54, 1.807) is 0 Å². The lowest BCUT2D eigenvalue weighted by atomic mass is 9.92. The van der Waals surface area contributed by atoms with Gasteiger partial charge in [0.15, 0.2) is 34.5 Å². The minimum Gasteiger partial charge on any atom is -0.227 e.